The number of ether oxygens (including phenoxy) is 1. The van der Waals surface area contributed by atoms with Crippen LogP contribution in [0.3, 0.4) is 0 Å². The first-order valence-electron chi connectivity index (χ1n) is 5.22. The number of hydrogen-bond acceptors (Lipinski definition) is 3. The van der Waals surface area contributed by atoms with Crippen LogP contribution in [0.25, 0.3) is 0 Å². The predicted molar refractivity (Wildman–Crippen MR) is 59.4 cm³/mol. The van der Waals surface area contributed by atoms with Gasteiger partial charge < -0.3 is 10.1 Å². The Bertz CT molecular complexity index is 124. The molecular weight excluding hydrogens is 182 g/mol. The average Bonchev–Trinajstić information content (AvgIpc) is 2.14. The zero-order valence-electron chi connectivity index (χ0n) is 8.71. The van der Waals surface area contributed by atoms with Gasteiger partial charge in [0.05, 0.1) is 12.7 Å². The maximum absolute atomic E-state index is 5.46. The maximum Gasteiger partial charge on any atom is 0.0594 e. The molecule has 0 aromatic heterocycles. The minimum atomic E-state index is 0.363. The van der Waals surface area contributed by atoms with Gasteiger partial charge in [-0.2, -0.15) is 11.8 Å². The molecular formula is C10H21NOS. The highest BCUT2D eigenvalue weighted by Crippen LogP contribution is 2.16. The average molecular weight is 203 g/mol. The summed E-state index contributed by atoms with van der Waals surface area (Å²) in [6.07, 6.45) is 3.07. The zero-order valence-corrected chi connectivity index (χ0v) is 9.53. The van der Waals surface area contributed by atoms with Crippen LogP contribution >= 0.6 is 11.8 Å². The SMILES string of the molecule is CC(C)OCCNC1CCCSC1. The van der Waals surface area contributed by atoms with Gasteiger partial charge in [0.2, 0.25) is 0 Å². The van der Waals surface area contributed by atoms with E-state index in [9.17, 15) is 0 Å². The minimum Gasteiger partial charge on any atom is -0.377 e. The second kappa shape index (κ2) is 6.68. The monoisotopic (exact) mass is 203 g/mol. The normalized spacial score (nSPS) is 23.8. The summed E-state index contributed by atoms with van der Waals surface area (Å²) in [4.78, 5) is 0. The third-order valence-corrected chi connectivity index (χ3v) is 3.36. The van der Waals surface area contributed by atoms with Crippen molar-refractivity contribution >= 4 is 11.8 Å². The molecule has 1 aliphatic rings. The Morgan fingerprint density at radius 2 is 2.38 bits per heavy atom. The van der Waals surface area contributed by atoms with Gasteiger partial charge in [-0.25, -0.2) is 0 Å². The minimum absolute atomic E-state index is 0.363. The Hall–Kier alpha value is 0.270. The summed E-state index contributed by atoms with van der Waals surface area (Å²) in [5.74, 6) is 2.63. The fourth-order valence-corrected chi connectivity index (χ4v) is 2.57. The lowest BCUT2D eigenvalue weighted by atomic mass is 10.2. The van der Waals surface area contributed by atoms with Gasteiger partial charge in [-0.1, -0.05) is 0 Å². The lowest BCUT2D eigenvalue weighted by molar-refractivity contribution is 0.0795. The van der Waals surface area contributed by atoms with Crippen molar-refractivity contribution < 1.29 is 4.74 Å². The van der Waals surface area contributed by atoms with Crippen molar-refractivity contribution in [1.82, 2.24) is 5.32 Å². The molecule has 0 saturated carbocycles. The molecule has 1 saturated heterocycles. The van der Waals surface area contributed by atoms with E-state index in [2.05, 4.69) is 30.9 Å². The number of hydrogen-bond donors (Lipinski definition) is 1. The van der Waals surface area contributed by atoms with Crippen LogP contribution in [-0.2, 0) is 4.74 Å². The third-order valence-electron chi connectivity index (χ3n) is 2.15. The largest absolute Gasteiger partial charge is 0.377 e. The van der Waals surface area contributed by atoms with E-state index in [4.69, 9.17) is 4.74 Å². The van der Waals surface area contributed by atoms with Gasteiger partial charge in [-0.3, -0.25) is 0 Å². The molecule has 78 valence electrons. The van der Waals surface area contributed by atoms with E-state index in [0.717, 1.165) is 19.2 Å². The molecule has 1 aliphatic heterocycles. The molecule has 3 heteroatoms. The van der Waals surface area contributed by atoms with E-state index in [1.807, 2.05) is 0 Å². The first kappa shape index (κ1) is 11.3. The van der Waals surface area contributed by atoms with Gasteiger partial charge in [0.25, 0.3) is 0 Å². The van der Waals surface area contributed by atoms with Crippen molar-refractivity contribution in [2.45, 2.75) is 38.8 Å². The van der Waals surface area contributed by atoms with Crippen LogP contribution in [-0.4, -0.2) is 36.8 Å². The molecule has 0 radical (unpaired) electrons. The van der Waals surface area contributed by atoms with Crippen LogP contribution in [0.2, 0.25) is 0 Å². The van der Waals surface area contributed by atoms with E-state index in [0.29, 0.717) is 6.10 Å². The predicted octanol–water partition coefficient (Wildman–Crippen LogP) is 1.90. The Kier molecular flexibility index (Phi) is 5.83. The fraction of sp³-hybridized carbons (Fsp3) is 1.00. The van der Waals surface area contributed by atoms with E-state index in [-0.39, 0.29) is 0 Å². The molecule has 1 atom stereocenters. The smallest absolute Gasteiger partial charge is 0.0594 e. The van der Waals surface area contributed by atoms with E-state index in [1.165, 1.54) is 24.3 Å². The summed E-state index contributed by atoms with van der Waals surface area (Å²) in [5.41, 5.74) is 0. The van der Waals surface area contributed by atoms with Crippen molar-refractivity contribution in [2.75, 3.05) is 24.7 Å². The molecule has 0 aliphatic carbocycles. The van der Waals surface area contributed by atoms with Crippen LogP contribution in [0.15, 0.2) is 0 Å². The summed E-state index contributed by atoms with van der Waals surface area (Å²) in [6, 6.07) is 0.731. The van der Waals surface area contributed by atoms with Gasteiger partial charge in [-0.05, 0) is 32.4 Å². The molecule has 0 amide bonds. The zero-order chi connectivity index (χ0) is 9.52. The molecule has 1 unspecified atom stereocenters. The summed E-state index contributed by atoms with van der Waals surface area (Å²) >= 11 is 2.06. The summed E-state index contributed by atoms with van der Waals surface area (Å²) in [7, 11) is 0. The van der Waals surface area contributed by atoms with Crippen LogP contribution in [0.4, 0.5) is 0 Å². The first-order valence-corrected chi connectivity index (χ1v) is 6.37. The second-order valence-corrected chi connectivity index (χ2v) is 4.94. The quantitative estimate of drug-likeness (QED) is 0.690. The van der Waals surface area contributed by atoms with Crippen molar-refractivity contribution in [3.63, 3.8) is 0 Å². The van der Waals surface area contributed by atoms with E-state index < -0.39 is 0 Å². The second-order valence-electron chi connectivity index (χ2n) is 3.79. The fourth-order valence-electron chi connectivity index (χ4n) is 1.46. The number of nitrogens with one attached hydrogen (secondary N) is 1. The van der Waals surface area contributed by atoms with E-state index in [1.54, 1.807) is 0 Å². The molecule has 0 spiro atoms. The Labute approximate surface area is 85.8 Å². The van der Waals surface area contributed by atoms with Crippen LogP contribution in [0, 0.1) is 0 Å². The van der Waals surface area contributed by atoms with Crippen LogP contribution < -0.4 is 5.32 Å². The molecule has 1 heterocycles. The van der Waals surface area contributed by atoms with Crippen LogP contribution in [0.1, 0.15) is 26.7 Å². The van der Waals surface area contributed by atoms with Crippen molar-refractivity contribution in [3.05, 3.63) is 0 Å². The summed E-state index contributed by atoms with van der Waals surface area (Å²) < 4.78 is 5.46. The standard InChI is InChI=1S/C10H21NOS/c1-9(2)12-6-5-11-10-4-3-7-13-8-10/h9-11H,3-8H2,1-2H3. The number of rotatable bonds is 5. The van der Waals surface area contributed by atoms with Crippen molar-refractivity contribution in [1.29, 1.82) is 0 Å². The first-order chi connectivity index (χ1) is 6.29. The highest BCUT2D eigenvalue weighted by atomic mass is 32.2. The van der Waals surface area contributed by atoms with Crippen LogP contribution in [0.5, 0.6) is 0 Å². The lowest BCUT2D eigenvalue weighted by Crippen LogP contribution is -2.36. The van der Waals surface area contributed by atoms with Gasteiger partial charge in [-0.15, -0.1) is 0 Å². The molecule has 1 fully saturated rings. The third kappa shape index (κ3) is 5.55. The lowest BCUT2D eigenvalue weighted by Gasteiger charge is -2.22. The summed E-state index contributed by atoms with van der Waals surface area (Å²) in [6.45, 7) is 6.01. The molecule has 0 aromatic carbocycles. The molecule has 0 bridgehead atoms. The molecule has 1 N–H and O–H groups in total. The molecule has 13 heavy (non-hydrogen) atoms. The Balaban J connectivity index is 1.92. The van der Waals surface area contributed by atoms with E-state index >= 15 is 0 Å². The summed E-state index contributed by atoms with van der Waals surface area (Å²) in [5, 5.41) is 3.53. The molecule has 0 aromatic rings. The van der Waals surface area contributed by atoms with Gasteiger partial charge in [0.15, 0.2) is 0 Å². The highest BCUT2D eigenvalue weighted by molar-refractivity contribution is 7.99. The highest BCUT2D eigenvalue weighted by Gasteiger charge is 2.11. The topological polar surface area (TPSA) is 21.3 Å². The van der Waals surface area contributed by atoms with Gasteiger partial charge in [0.1, 0.15) is 0 Å². The number of thioether (sulfide) groups is 1. The Morgan fingerprint density at radius 3 is 3.00 bits per heavy atom. The molecule has 1 rings (SSSR count). The van der Waals surface area contributed by atoms with Crippen molar-refractivity contribution in [3.8, 4) is 0 Å². The van der Waals surface area contributed by atoms with Crippen molar-refractivity contribution in [2.24, 2.45) is 0 Å². The Morgan fingerprint density at radius 1 is 1.54 bits per heavy atom. The molecule has 2 nitrogen and oxygen atoms in total. The van der Waals surface area contributed by atoms with Gasteiger partial charge in [0, 0.05) is 18.3 Å². The maximum atomic E-state index is 5.46. The van der Waals surface area contributed by atoms with Gasteiger partial charge >= 0.3 is 0 Å².